The third-order valence-corrected chi connectivity index (χ3v) is 4.84. The van der Waals surface area contributed by atoms with E-state index >= 15 is 0 Å². The van der Waals surface area contributed by atoms with Crippen LogP contribution in [0.15, 0.2) is 42.5 Å². The first-order valence-corrected chi connectivity index (χ1v) is 9.52. The molecule has 1 aliphatic heterocycles. The topological polar surface area (TPSA) is 53.6 Å². The van der Waals surface area contributed by atoms with Crippen LogP contribution in [0.2, 0.25) is 5.02 Å². The predicted octanol–water partition coefficient (Wildman–Crippen LogP) is 3.34. The summed E-state index contributed by atoms with van der Waals surface area (Å²) >= 11 is 5.67. The van der Waals surface area contributed by atoms with Crippen LogP contribution in [-0.4, -0.2) is 58.1 Å². The van der Waals surface area contributed by atoms with Gasteiger partial charge in [0.1, 0.15) is 5.75 Å². The molecule has 27 heavy (non-hydrogen) atoms. The van der Waals surface area contributed by atoms with Crippen molar-refractivity contribution in [3.63, 3.8) is 0 Å². The van der Waals surface area contributed by atoms with Gasteiger partial charge in [0.25, 0.3) is 0 Å². The molecule has 0 aliphatic carbocycles. The second kappa shape index (κ2) is 11.6. The van der Waals surface area contributed by atoms with Crippen LogP contribution >= 0.6 is 11.6 Å². The Labute approximate surface area is 166 Å². The minimum atomic E-state index is 0.445. The molecule has 3 rings (SSSR count). The van der Waals surface area contributed by atoms with E-state index in [1.807, 2.05) is 7.05 Å². The molecule has 1 aliphatic rings. The number of hydrogen-bond acceptors (Lipinski definition) is 5. The van der Waals surface area contributed by atoms with Crippen molar-refractivity contribution in [3.8, 4) is 5.75 Å². The molecule has 0 bridgehead atoms. The third-order valence-electron chi connectivity index (χ3n) is 4.50. The van der Waals surface area contributed by atoms with Gasteiger partial charge in [-0.2, -0.15) is 0 Å². The number of nitrogens with one attached hydrogen (secondary N) is 2. The molecule has 0 amide bonds. The second-order valence-corrected chi connectivity index (χ2v) is 6.70. The third kappa shape index (κ3) is 7.21. The van der Waals surface area contributed by atoms with Gasteiger partial charge in [-0.15, -0.1) is 0 Å². The number of anilines is 1. The lowest BCUT2D eigenvalue weighted by Gasteiger charge is -2.27. The summed E-state index contributed by atoms with van der Waals surface area (Å²) in [5.41, 5.74) is 3.06. The standard InChI is InChI=1S/C13H21N3.C8H7ClO2/c1-14-13-4-2-12(3-5-13)6-9-16-10-7-15-8-11-16;1-11-7-2-3-8(9)6(4-7)5-10/h2-5,14-15H,6-11H2,1H3;2-5H,1H3. The molecule has 0 unspecified atom stereocenters. The van der Waals surface area contributed by atoms with Crippen molar-refractivity contribution in [3.05, 3.63) is 58.6 Å². The number of halogens is 1. The number of nitrogens with zero attached hydrogens (tertiary/aromatic N) is 1. The molecular formula is C21H28ClN3O2. The lowest BCUT2D eigenvalue weighted by molar-refractivity contribution is 0.112. The van der Waals surface area contributed by atoms with Crippen LogP contribution < -0.4 is 15.4 Å². The zero-order valence-corrected chi connectivity index (χ0v) is 16.8. The van der Waals surface area contributed by atoms with Crippen molar-refractivity contribution in [1.82, 2.24) is 10.2 Å². The molecule has 0 saturated carbocycles. The number of aldehydes is 1. The summed E-state index contributed by atoms with van der Waals surface area (Å²) in [6.45, 7) is 5.83. The minimum Gasteiger partial charge on any atom is -0.497 e. The summed E-state index contributed by atoms with van der Waals surface area (Å²) in [5, 5.41) is 6.96. The first-order chi connectivity index (χ1) is 13.2. The van der Waals surface area contributed by atoms with Gasteiger partial charge in [0.15, 0.2) is 6.29 Å². The van der Waals surface area contributed by atoms with Crippen LogP contribution in [0.1, 0.15) is 15.9 Å². The van der Waals surface area contributed by atoms with E-state index < -0.39 is 0 Å². The van der Waals surface area contributed by atoms with Gasteiger partial charge < -0.3 is 20.3 Å². The van der Waals surface area contributed by atoms with Crippen LogP contribution in [0.25, 0.3) is 0 Å². The van der Waals surface area contributed by atoms with Crippen molar-refractivity contribution in [2.75, 3.05) is 52.2 Å². The van der Waals surface area contributed by atoms with Crippen LogP contribution in [-0.2, 0) is 6.42 Å². The molecule has 2 N–H and O–H groups in total. The van der Waals surface area contributed by atoms with Crippen molar-refractivity contribution < 1.29 is 9.53 Å². The van der Waals surface area contributed by atoms with Gasteiger partial charge in [0.2, 0.25) is 0 Å². The number of benzene rings is 2. The lowest BCUT2D eigenvalue weighted by atomic mass is 10.1. The van der Waals surface area contributed by atoms with E-state index in [0.29, 0.717) is 22.6 Å². The average molecular weight is 390 g/mol. The summed E-state index contributed by atoms with van der Waals surface area (Å²) in [5.74, 6) is 0.636. The van der Waals surface area contributed by atoms with Crippen molar-refractivity contribution in [1.29, 1.82) is 0 Å². The quantitative estimate of drug-likeness (QED) is 0.742. The van der Waals surface area contributed by atoms with Gasteiger partial charge in [-0.1, -0.05) is 23.7 Å². The van der Waals surface area contributed by atoms with Gasteiger partial charge in [0.05, 0.1) is 12.1 Å². The van der Waals surface area contributed by atoms with Gasteiger partial charge in [-0.3, -0.25) is 4.79 Å². The second-order valence-electron chi connectivity index (χ2n) is 6.29. The monoisotopic (exact) mass is 389 g/mol. The first-order valence-electron chi connectivity index (χ1n) is 9.14. The Morgan fingerprint density at radius 2 is 1.89 bits per heavy atom. The van der Waals surface area contributed by atoms with Crippen molar-refractivity contribution in [2.45, 2.75) is 6.42 Å². The Hall–Kier alpha value is -2.08. The van der Waals surface area contributed by atoms with E-state index in [2.05, 4.69) is 39.8 Å². The number of hydrogen-bond donors (Lipinski definition) is 2. The Morgan fingerprint density at radius 1 is 1.19 bits per heavy atom. The Morgan fingerprint density at radius 3 is 2.48 bits per heavy atom. The molecule has 1 saturated heterocycles. The maximum absolute atomic E-state index is 10.4. The fourth-order valence-corrected chi connectivity index (χ4v) is 2.96. The number of ether oxygens (including phenoxy) is 1. The highest BCUT2D eigenvalue weighted by Crippen LogP contribution is 2.19. The molecule has 2 aromatic rings. The summed E-state index contributed by atoms with van der Waals surface area (Å²) in [7, 11) is 3.49. The average Bonchev–Trinajstić information content (AvgIpc) is 2.74. The molecule has 2 aromatic carbocycles. The zero-order chi connectivity index (χ0) is 19.5. The Balaban J connectivity index is 0.000000208. The maximum atomic E-state index is 10.4. The van der Waals surface area contributed by atoms with Crippen molar-refractivity contribution >= 4 is 23.6 Å². The number of carbonyl (C=O) groups excluding carboxylic acids is 1. The summed E-state index contributed by atoms with van der Waals surface area (Å²) in [6, 6.07) is 13.6. The fraction of sp³-hybridized carbons (Fsp3) is 0.381. The largest absolute Gasteiger partial charge is 0.497 e. The lowest BCUT2D eigenvalue weighted by Crippen LogP contribution is -2.44. The molecule has 1 heterocycles. The predicted molar refractivity (Wildman–Crippen MR) is 112 cm³/mol. The summed E-state index contributed by atoms with van der Waals surface area (Å²) in [4.78, 5) is 12.9. The van der Waals surface area contributed by atoms with E-state index in [-0.39, 0.29) is 0 Å². The van der Waals surface area contributed by atoms with E-state index in [1.54, 1.807) is 18.2 Å². The normalized spacial score (nSPS) is 14.0. The minimum absolute atomic E-state index is 0.445. The summed E-state index contributed by atoms with van der Waals surface area (Å²) in [6.07, 6.45) is 1.86. The molecule has 0 aromatic heterocycles. The molecule has 5 nitrogen and oxygen atoms in total. The molecule has 1 fully saturated rings. The molecule has 0 atom stereocenters. The van der Waals surface area contributed by atoms with E-state index in [1.165, 1.54) is 38.0 Å². The Kier molecular flexibility index (Phi) is 9.11. The van der Waals surface area contributed by atoms with E-state index in [9.17, 15) is 4.79 Å². The van der Waals surface area contributed by atoms with E-state index in [0.717, 1.165) is 19.5 Å². The van der Waals surface area contributed by atoms with Gasteiger partial charge in [-0.25, -0.2) is 0 Å². The maximum Gasteiger partial charge on any atom is 0.151 e. The SMILES string of the molecule is CNc1ccc(CCN2CCNCC2)cc1.COc1ccc(Cl)c(C=O)c1. The number of methoxy groups -OCH3 is 1. The van der Waals surface area contributed by atoms with Crippen LogP contribution in [0.5, 0.6) is 5.75 Å². The highest BCUT2D eigenvalue weighted by atomic mass is 35.5. The fourth-order valence-electron chi connectivity index (χ4n) is 2.80. The summed E-state index contributed by atoms with van der Waals surface area (Å²) < 4.78 is 4.89. The molecule has 0 radical (unpaired) electrons. The number of carbonyl (C=O) groups is 1. The van der Waals surface area contributed by atoms with Crippen LogP contribution in [0.3, 0.4) is 0 Å². The van der Waals surface area contributed by atoms with Crippen molar-refractivity contribution in [2.24, 2.45) is 0 Å². The highest BCUT2D eigenvalue weighted by Gasteiger charge is 2.08. The number of piperazine rings is 1. The molecule has 0 spiro atoms. The molecule has 6 heteroatoms. The first kappa shape index (κ1) is 21.2. The van der Waals surface area contributed by atoms with E-state index in [4.69, 9.17) is 16.3 Å². The van der Waals surface area contributed by atoms with Gasteiger partial charge >= 0.3 is 0 Å². The molecular weight excluding hydrogens is 362 g/mol. The van der Waals surface area contributed by atoms with Crippen LogP contribution in [0.4, 0.5) is 5.69 Å². The highest BCUT2D eigenvalue weighted by molar-refractivity contribution is 6.33. The smallest absolute Gasteiger partial charge is 0.151 e. The number of rotatable bonds is 6. The Bertz CT molecular complexity index is 701. The zero-order valence-electron chi connectivity index (χ0n) is 16.0. The molecule has 146 valence electrons. The van der Waals surface area contributed by atoms with Gasteiger partial charge in [0, 0.05) is 51.0 Å². The van der Waals surface area contributed by atoms with Crippen LogP contribution in [0, 0.1) is 0 Å². The van der Waals surface area contributed by atoms with Gasteiger partial charge in [-0.05, 0) is 42.3 Å².